The molecule has 0 aliphatic heterocycles. The van der Waals surface area contributed by atoms with Crippen LogP contribution in [-0.2, 0) is 0 Å². The molecule has 0 bridgehead atoms. The lowest BCUT2D eigenvalue weighted by Gasteiger charge is -2.15. The van der Waals surface area contributed by atoms with Crippen molar-refractivity contribution in [3.8, 4) is 5.69 Å². The van der Waals surface area contributed by atoms with E-state index in [4.69, 9.17) is 0 Å². The normalized spacial score (nSPS) is 15.2. The molecule has 0 saturated heterocycles. The number of nitrogens with zero attached hydrogens (tertiary/aromatic N) is 3. The van der Waals surface area contributed by atoms with Gasteiger partial charge in [-0.2, -0.15) is 9.03 Å². The highest BCUT2D eigenvalue weighted by atomic mass is 32.2. The second kappa shape index (κ2) is 4.02. The third-order valence-corrected chi connectivity index (χ3v) is 4.53. The average molecular weight is 287 g/mol. The maximum atomic E-state index is 12.5. The van der Waals surface area contributed by atoms with Crippen LogP contribution < -0.4 is 11.4 Å². The molecule has 20 heavy (non-hydrogen) atoms. The zero-order valence-corrected chi connectivity index (χ0v) is 11.8. The summed E-state index contributed by atoms with van der Waals surface area (Å²) in [5.41, 5.74) is 1.10. The minimum absolute atomic E-state index is 0.263. The molecule has 1 fully saturated rings. The fourth-order valence-electron chi connectivity index (χ4n) is 2.68. The SMILES string of the molecule is CSc1c(C2CC2)n2c(=O)n(-c3ccccc3)c(=O)n12. The van der Waals surface area contributed by atoms with Gasteiger partial charge in [0.2, 0.25) is 0 Å². The van der Waals surface area contributed by atoms with Gasteiger partial charge in [-0.25, -0.2) is 14.2 Å². The van der Waals surface area contributed by atoms with E-state index in [-0.39, 0.29) is 11.4 Å². The Kier molecular flexibility index (Phi) is 2.38. The summed E-state index contributed by atoms with van der Waals surface area (Å²) in [6.07, 6.45) is 4.16. The molecule has 1 saturated carbocycles. The van der Waals surface area contributed by atoms with Crippen LogP contribution in [0, 0.1) is 0 Å². The van der Waals surface area contributed by atoms with Crippen molar-refractivity contribution in [1.29, 1.82) is 0 Å². The van der Waals surface area contributed by atoms with Gasteiger partial charge in [0.05, 0.1) is 11.4 Å². The Bertz CT molecular complexity index is 887. The maximum Gasteiger partial charge on any atom is 0.357 e. The third-order valence-electron chi connectivity index (χ3n) is 3.76. The van der Waals surface area contributed by atoms with Crippen molar-refractivity contribution in [3.63, 3.8) is 0 Å². The smallest absolute Gasteiger partial charge is 0.245 e. The second-order valence-electron chi connectivity index (χ2n) is 5.03. The standard InChI is InChI=1S/C14H13N3O2S/c1-20-12-11(9-7-8-9)16-13(18)15(14(19)17(12)16)10-5-3-2-4-6-10/h2-6,9H,7-8H2,1H3. The van der Waals surface area contributed by atoms with Crippen molar-refractivity contribution in [2.24, 2.45) is 0 Å². The van der Waals surface area contributed by atoms with E-state index in [1.165, 1.54) is 20.8 Å². The first-order chi connectivity index (χ1) is 9.74. The Morgan fingerprint density at radius 1 is 1.05 bits per heavy atom. The van der Waals surface area contributed by atoms with E-state index >= 15 is 0 Å². The van der Waals surface area contributed by atoms with Crippen LogP contribution in [0.1, 0.15) is 24.5 Å². The summed E-state index contributed by atoms with van der Waals surface area (Å²) in [7, 11) is 0. The molecular weight excluding hydrogens is 274 g/mol. The Labute approximate surface area is 118 Å². The number of benzene rings is 1. The largest absolute Gasteiger partial charge is 0.357 e. The summed E-state index contributed by atoms with van der Waals surface area (Å²) >= 11 is 1.53. The van der Waals surface area contributed by atoms with Gasteiger partial charge in [0, 0.05) is 5.92 Å². The van der Waals surface area contributed by atoms with E-state index in [0.29, 0.717) is 11.6 Å². The molecule has 5 nitrogen and oxygen atoms in total. The van der Waals surface area contributed by atoms with Gasteiger partial charge in [0.15, 0.2) is 0 Å². The summed E-state index contributed by atoms with van der Waals surface area (Å²) in [6.45, 7) is 0. The first-order valence-corrected chi connectivity index (χ1v) is 7.78. The summed E-state index contributed by atoms with van der Waals surface area (Å²) < 4.78 is 4.28. The van der Waals surface area contributed by atoms with Crippen LogP contribution in [0.25, 0.3) is 5.69 Å². The molecule has 0 spiro atoms. The van der Waals surface area contributed by atoms with Gasteiger partial charge >= 0.3 is 11.4 Å². The van der Waals surface area contributed by atoms with Crippen LogP contribution in [0.3, 0.4) is 0 Å². The zero-order chi connectivity index (χ0) is 13.9. The highest BCUT2D eigenvalue weighted by molar-refractivity contribution is 7.98. The predicted octanol–water partition coefficient (Wildman–Crippen LogP) is 1.59. The van der Waals surface area contributed by atoms with Gasteiger partial charge in [-0.15, -0.1) is 11.8 Å². The van der Waals surface area contributed by atoms with Gasteiger partial charge in [0.25, 0.3) is 0 Å². The number of para-hydroxylation sites is 1. The molecule has 3 aromatic rings. The van der Waals surface area contributed by atoms with Gasteiger partial charge in [-0.05, 0) is 31.2 Å². The highest BCUT2D eigenvalue weighted by Crippen LogP contribution is 2.44. The molecule has 0 amide bonds. The first-order valence-electron chi connectivity index (χ1n) is 6.55. The van der Waals surface area contributed by atoms with Crippen LogP contribution in [-0.4, -0.2) is 19.9 Å². The molecule has 2 heterocycles. The number of hydrogen-bond donors (Lipinski definition) is 0. The molecular formula is C14H13N3O2S. The number of rotatable bonds is 3. The van der Waals surface area contributed by atoms with Crippen molar-refractivity contribution in [3.05, 3.63) is 57.0 Å². The van der Waals surface area contributed by atoms with Crippen LogP contribution in [0.5, 0.6) is 0 Å². The lowest BCUT2D eigenvalue weighted by molar-refractivity contribution is 0.571. The van der Waals surface area contributed by atoms with Crippen LogP contribution in [0.15, 0.2) is 44.9 Å². The van der Waals surface area contributed by atoms with E-state index in [1.807, 2.05) is 24.5 Å². The van der Waals surface area contributed by atoms with Crippen LogP contribution in [0.2, 0.25) is 0 Å². The lowest BCUT2D eigenvalue weighted by Crippen LogP contribution is -2.27. The molecule has 1 aliphatic carbocycles. The quantitative estimate of drug-likeness (QED) is 0.687. The number of fused-ring (bicyclic) bond motifs is 1. The second-order valence-corrected chi connectivity index (χ2v) is 5.82. The van der Waals surface area contributed by atoms with Crippen molar-refractivity contribution in [2.45, 2.75) is 23.8 Å². The Morgan fingerprint density at radius 3 is 2.30 bits per heavy atom. The topological polar surface area (TPSA) is 47.9 Å². The van der Waals surface area contributed by atoms with Gasteiger partial charge in [0.1, 0.15) is 5.03 Å². The Balaban J connectivity index is 2.05. The molecule has 4 rings (SSSR count). The molecule has 1 aromatic carbocycles. The summed E-state index contributed by atoms with van der Waals surface area (Å²) in [4.78, 5) is 25.0. The minimum Gasteiger partial charge on any atom is -0.245 e. The van der Waals surface area contributed by atoms with Gasteiger partial charge in [-0.3, -0.25) is 0 Å². The zero-order valence-electron chi connectivity index (χ0n) is 10.9. The monoisotopic (exact) mass is 287 g/mol. The van der Waals surface area contributed by atoms with E-state index in [2.05, 4.69) is 0 Å². The van der Waals surface area contributed by atoms with Crippen LogP contribution >= 0.6 is 11.8 Å². The molecule has 0 unspecified atom stereocenters. The fourth-order valence-corrected chi connectivity index (χ4v) is 3.47. The van der Waals surface area contributed by atoms with Crippen LogP contribution in [0.4, 0.5) is 0 Å². The Hall–Kier alpha value is -1.95. The summed E-state index contributed by atoms with van der Waals surface area (Å²) in [6, 6.07) is 9.07. The fraction of sp³-hybridized carbons (Fsp3) is 0.286. The maximum absolute atomic E-state index is 12.5. The molecule has 1 aliphatic rings. The molecule has 0 N–H and O–H groups in total. The summed E-state index contributed by atoms with van der Waals surface area (Å²) in [5, 5.41) is 0.921. The number of hydrogen-bond acceptors (Lipinski definition) is 3. The predicted molar refractivity (Wildman–Crippen MR) is 77.7 cm³/mol. The van der Waals surface area contributed by atoms with E-state index < -0.39 is 0 Å². The Morgan fingerprint density at radius 2 is 1.70 bits per heavy atom. The average Bonchev–Trinajstić information content (AvgIpc) is 3.20. The number of aromatic nitrogens is 3. The third kappa shape index (κ3) is 1.39. The van der Waals surface area contributed by atoms with Crippen molar-refractivity contribution >= 4 is 11.8 Å². The molecule has 6 heteroatoms. The van der Waals surface area contributed by atoms with E-state index in [0.717, 1.165) is 23.6 Å². The van der Waals surface area contributed by atoms with E-state index in [1.54, 1.807) is 16.6 Å². The van der Waals surface area contributed by atoms with Gasteiger partial charge < -0.3 is 0 Å². The first kappa shape index (κ1) is 11.8. The van der Waals surface area contributed by atoms with Crippen molar-refractivity contribution in [2.75, 3.05) is 6.26 Å². The minimum atomic E-state index is -0.282. The lowest BCUT2D eigenvalue weighted by atomic mass is 10.3. The van der Waals surface area contributed by atoms with E-state index in [9.17, 15) is 9.59 Å². The molecule has 2 aromatic heterocycles. The highest BCUT2D eigenvalue weighted by Gasteiger charge is 2.36. The van der Waals surface area contributed by atoms with Crippen molar-refractivity contribution < 1.29 is 0 Å². The number of thioether (sulfide) groups is 1. The molecule has 0 radical (unpaired) electrons. The molecule has 102 valence electrons. The molecule has 0 atom stereocenters. The van der Waals surface area contributed by atoms with Crippen molar-refractivity contribution in [1.82, 2.24) is 13.6 Å². The van der Waals surface area contributed by atoms with Gasteiger partial charge in [-0.1, -0.05) is 18.2 Å². The summed E-state index contributed by atoms with van der Waals surface area (Å²) in [5.74, 6) is 0.446.